The number of hydrogen-bond acceptors (Lipinski definition) is 5. The van der Waals surface area contributed by atoms with E-state index in [0.29, 0.717) is 31.1 Å². The van der Waals surface area contributed by atoms with Crippen LogP contribution in [0.15, 0.2) is 54.9 Å². The molecule has 0 atom stereocenters. The molecule has 5 nitrogen and oxygen atoms in total. The van der Waals surface area contributed by atoms with E-state index in [-0.39, 0.29) is 5.91 Å². The molecule has 0 aliphatic carbocycles. The van der Waals surface area contributed by atoms with Gasteiger partial charge >= 0.3 is 0 Å². The first-order valence-corrected chi connectivity index (χ1v) is 9.46. The van der Waals surface area contributed by atoms with Crippen molar-refractivity contribution in [3.05, 3.63) is 69.8 Å². The van der Waals surface area contributed by atoms with Crippen LogP contribution in [0.5, 0.6) is 0 Å². The average molecular weight is 415 g/mol. The van der Waals surface area contributed by atoms with Crippen molar-refractivity contribution in [3.63, 3.8) is 0 Å². The second-order valence-electron chi connectivity index (χ2n) is 5.69. The quantitative estimate of drug-likeness (QED) is 0.463. The number of nitrogens with one attached hydrogen (secondary N) is 1. The van der Waals surface area contributed by atoms with Gasteiger partial charge in [-0.05, 0) is 36.4 Å². The fourth-order valence-corrected chi connectivity index (χ4v) is 4.11. The first kappa shape index (κ1) is 17.7. The number of pyridine rings is 2. The van der Waals surface area contributed by atoms with E-state index >= 15 is 0 Å². The van der Waals surface area contributed by atoms with Gasteiger partial charge in [-0.3, -0.25) is 9.78 Å². The maximum Gasteiger partial charge on any atom is 0.268 e. The number of nitrogen functional groups attached to an aromatic ring is 1. The third kappa shape index (κ3) is 3.35. The second-order valence-corrected chi connectivity index (χ2v) is 7.50. The summed E-state index contributed by atoms with van der Waals surface area (Å²) < 4.78 is 0. The lowest BCUT2D eigenvalue weighted by Crippen LogP contribution is -2.12. The van der Waals surface area contributed by atoms with Crippen molar-refractivity contribution in [3.8, 4) is 11.3 Å². The van der Waals surface area contributed by atoms with Gasteiger partial charge in [0.1, 0.15) is 9.71 Å². The van der Waals surface area contributed by atoms with E-state index in [0.717, 1.165) is 16.6 Å². The Morgan fingerprint density at radius 1 is 1.07 bits per heavy atom. The van der Waals surface area contributed by atoms with Crippen LogP contribution in [-0.2, 0) is 0 Å². The molecule has 3 heterocycles. The molecule has 4 aromatic rings. The lowest BCUT2D eigenvalue weighted by molar-refractivity contribution is 0.103. The molecular weight excluding hydrogens is 403 g/mol. The second kappa shape index (κ2) is 7.15. The van der Waals surface area contributed by atoms with Gasteiger partial charge in [-0.25, -0.2) is 4.98 Å². The van der Waals surface area contributed by atoms with Crippen LogP contribution in [0.3, 0.4) is 0 Å². The number of para-hydroxylation sites is 1. The summed E-state index contributed by atoms with van der Waals surface area (Å²) in [5, 5.41) is 4.17. The molecule has 0 aliphatic heterocycles. The molecule has 0 unspecified atom stereocenters. The Hall–Kier alpha value is -2.67. The number of carbonyl (C=O) groups excluding carboxylic acids is 1. The first-order valence-electron chi connectivity index (χ1n) is 7.89. The summed E-state index contributed by atoms with van der Waals surface area (Å²) in [4.78, 5) is 22.5. The number of aromatic nitrogens is 2. The Bertz CT molecular complexity index is 1140. The zero-order valence-corrected chi connectivity index (χ0v) is 16.1. The van der Waals surface area contributed by atoms with Crippen molar-refractivity contribution in [2.45, 2.75) is 0 Å². The Morgan fingerprint density at radius 2 is 1.85 bits per heavy atom. The molecule has 0 fully saturated rings. The van der Waals surface area contributed by atoms with E-state index in [1.54, 1.807) is 30.6 Å². The van der Waals surface area contributed by atoms with Crippen molar-refractivity contribution in [2.75, 3.05) is 11.1 Å². The minimum Gasteiger partial charge on any atom is -0.397 e. The van der Waals surface area contributed by atoms with Gasteiger partial charge in [0, 0.05) is 23.3 Å². The number of amides is 1. The molecule has 0 saturated carbocycles. The maximum atomic E-state index is 12.7. The average Bonchev–Trinajstić information content (AvgIpc) is 3.01. The molecular formula is C19H12Cl2N4OS. The van der Waals surface area contributed by atoms with Crippen molar-refractivity contribution in [1.29, 1.82) is 0 Å². The van der Waals surface area contributed by atoms with E-state index in [9.17, 15) is 4.79 Å². The lowest BCUT2D eigenvalue weighted by atomic mass is 10.1. The molecule has 0 bridgehead atoms. The van der Waals surface area contributed by atoms with Crippen LogP contribution < -0.4 is 11.1 Å². The fraction of sp³-hybridized carbons (Fsp3) is 0. The van der Waals surface area contributed by atoms with E-state index in [1.165, 1.54) is 11.3 Å². The van der Waals surface area contributed by atoms with Gasteiger partial charge in [0.2, 0.25) is 0 Å². The minimum absolute atomic E-state index is 0.353. The number of anilines is 2. The summed E-state index contributed by atoms with van der Waals surface area (Å²) in [6, 6.07) is 12.5. The number of hydrogen-bond donors (Lipinski definition) is 2. The van der Waals surface area contributed by atoms with Gasteiger partial charge in [0.15, 0.2) is 0 Å². The standard InChI is InChI=1S/C19H12Cl2N4OS/c20-12-4-1-5-13(21)16(12)25-18(26)17-15(22)11-6-7-14(24-19(11)27-17)10-3-2-8-23-9-10/h1-9H,22H2,(H,25,26). The predicted octanol–water partition coefficient (Wildman–Crippen LogP) is 5.50. The van der Waals surface area contributed by atoms with Gasteiger partial charge in [0.05, 0.1) is 27.1 Å². The summed E-state index contributed by atoms with van der Waals surface area (Å²) in [5.74, 6) is -0.381. The number of thiophene rings is 1. The van der Waals surface area contributed by atoms with Crippen molar-refractivity contribution >= 4 is 62.0 Å². The molecule has 134 valence electrons. The molecule has 1 aromatic carbocycles. The van der Waals surface area contributed by atoms with Gasteiger partial charge in [0.25, 0.3) is 5.91 Å². The molecule has 0 spiro atoms. The molecule has 3 aromatic heterocycles. The number of benzene rings is 1. The molecule has 8 heteroatoms. The Morgan fingerprint density at radius 3 is 2.56 bits per heavy atom. The van der Waals surface area contributed by atoms with Crippen LogP contribution in [-0.4, -0.2) is 15.9 Å². The predicted molar refractivity (Wildman–Crippen MR) is 112 cm³/mol. The first-order chi connectivity index (χ1) is 13.0. The summed E-state index contributed by atoms with van der Waals surface area (Å²) in [6.45, 7) is 0. The molecule has 4 rings (SSSR count). The van der Waals surface area contributed by atoms with E-state index in [4.69, 9.17) is 28.9 Å². The topological polar surface area (TPSA) is 80.9 Å². The molecule has 27 heavy (non-hydrogen) atoms. The largest absolute Gasteiger partial charge is 0.397 e. The van der Waals surface area contributed by atoms with E-state index < -0.39 is 0 Å². The van der Waals surface area contributed by atoms with Crippen molar-refractivity contribution in [2.24, 2.45) is 0 Å². The maximum absolute atomic E-state index is 12.7. The number of nitrogens with zero attached hydrogens (tertiary/aromatic N) is 2. The Kier molecular flexibility index (Phi) is 4.70. The van der Waals surface area contributed by atoms with Gasteiger partial charge in [-0.15, -0.1) is 11.3 Å². The highest BCUT2D eigenvalue weighted by atomic mass is 35.5. The highest BCUT2D eigenvalue weighted by Gasteiger charge is 2.19. The van der Waals surface area contributed by atoms with Gasteiger partial charge in [-0.2, -0.15) is 0 Å². The van der Waals surface area contributed by atoms with Crippen LogP contribution in [0.2, 0.25) is 10.0 Å². The number of fused-ring (bicyclic) bond motifs is 1. The van der Waals surface area contributed by atoms with Gasteiger partial charge < -0.3 is 11.1 Å². The van der Waals surface area contributed by atoms with Crippen molar-refractivity contribution < 1.29 is 4.79 Å². The summed E-state index contributed by atoms with van der Waals surface area (Å²) in [7, 11) is 0. The third-order valence-corrected chi connectivity index (χ3v) is 5.70. The lowest BCUT2D eigenvalue weighted by Gasteiger charge is -2.08. The molecule has 1 amide bonds. The summed E-state index contributed by atoms with van der Waals surface area (Å²) in [5.41, 5.74) is 8.57. The third-order valence-electron chi connectivity index (χ3n) is 3.96. The molecule has 0 aliphatic rings. The van der Waals surface area contributed by atoms with Crippen LogP contribution in [0, 0.1) is 0 Å². The van der Waals surface area contributed by atoms with Crippen molar-refractivity contribution in [1.82, 2.24) is 9.97 Å². The number of carbonyl (C=O) groups is 1. The minimum atomic E-state index is -0.381. The Balaban J connectivity index is 1.72. The normalized spacial score (nSPS) is 10.9. The molecule has 0 saturated heterocycles. The SMILES string of the molecule is Nc1c(C(=O)Nc2c(Cl)cccc2Cl)sc2nc(-c3cccnc3)ccc12. The zero-order valence-electron chi connectivity index (χ0n) is 13.7. The summed E-state index contributed by atoms with van der Waals surface area (Å²) in [6.07, 6.45) is 3.44. The number of rotatable bonds is 3. The van der Waals surface area contributed by atoms with Crippen LogP contribution in [0.25, 0.3) is 21.5 Å². The monoisotopic (exact) mass is 414 g/mol. The van der Waals surface area contributed by atoms with Crippen LogP contribution in [0.4, 0.5) is 11.4 Å². The molecule has 0 radical (unpaired) electrons. The molecule has 3 N–H and O–H groups in total. The highest BCUT2D eigenvalue weighted by molar-refractivity contribution is 7.21. The zero-order chi connectivity index (χ0) is 19.0. The fourth-order valence-electron chi connectivity index (χ4n) is 2.63. The smallest absolute Gasteiger partial charge is 0.268 e. The van der Waals surface area contributed by atoms with E-state index in [1.807, 2.05) is 24.3 Å². The van der Waals surface area contributed by atoms with Gasteiger partial charge in [-0.1, -0.05) is 29.3 Å². The van der Waals surface area contributed by atoms with Crippen LogP contribution in [0.1, 0.15) is 9.67 Å². The van der Waals surface area contributed by atoms with E-state index in [2.05, 4.69) is 15.3 Å². The number of halogens is 2. The van der Waals surface area contributed by atoms with Crippen LogP contribution >= 0.6 is 34.5 Å². The summed E-state index contributed by atoms with van der Waals surface area (Å²) >= 11 is 13.5. The highest BCUT2D eigenvalue weighted by Crippen LogP contribution is 2.36. The Labute approximate surface area is 168 Å². The number of nitrogens with two attached hydrogens (primary N) is 1.